The van der Waals surface area contributed by atoms with Gasteiger partial charge in [0.15, 0.2) is 0 Å². The number of nitrogens with two attached hydrogens (primary N) is 1. The molecular formula is C12H11ClN2O4S2. The maximum absolute atomic E-state index is 12.1. The summed E-state index contributed by atoms with van der Waals surface area (Å²) < 4.78 is 27.8. The second kappa shape index (κ2) is 6.02. The van der Waals surface area contributed by atoms with Crippen molar-refractivity contribution in [2.75, 3.05) is 12.4 Å². The third-order valence-electron chi connectivity index (χ3n) is 2.57. The van der Waals surface area contributed by atoms with E-state index >= 15 is 0 Å². The molecule has 1 aromatic carbocycles. The normalized spacial score (nSPS) is 11.2. The van der Waals surface area contributed by atoms with E-state index in [1.807, 2.05) is 0 Å². The molecule has 0 saturated heterocycles. The van der Waals surface area contributed by atoms with Crippen LogP contribution in [0.15, 0.2) is 34.5 Å². The van der Waals surface area contributed by atoms with Crippen molar-refractivity contribution in [2.24, 2.45) is 5.14 Å². The van der Waals surface area contributed by atoms with Crippen molar-refractivity contribution in [2.45, 2.75) is 4.90 Å². The lowest BCUT2D eigenvalue weighted by Gasteiger charge is -2.11. The minimum Gasteiger partial charge on any atom is -0.495 e. The summed E-state index contributed by atoms with van der Waals surface area (Å²) in [6.07, 6.45) is 0. The highest BCUT2D eigenvalue weighted by atomic mass is 35.5. The van der Waals surface area contributed by atoms with E-state index < -0.39 is 15.9 Å². The van der Waals surface area contributed by atoms with Gasteiger partial charge in [0.25, 0.3) is 5.91 Å². The van der Waals surface area contributed by atoms with E-state index in [0.717, 1.165) is 0 Å². The van der Waals surface area contributed by atoms with Crippen LogP contribution in [0.3, 0.4) is 0 Å². The number of rotatable bonds is 4. The van der Waals surface area contributed by atoms with Crippen molar-refractivity contribution in [3.8, 4) is 5.75 Å². The largest absolute Gasteiger partial charge is 0.495 e. The predicted molar refractivity (Wildman–Crippen MR) is 81.6 cm³/mol. The van der Waals surface area contributed by atoms with Crippen molar-refractivity contribution < 1.29 is 17.9 Å². The standard InChI is InChI=1S/C12H11ClN2O4S2/c1-19-10-3-2-7(21(14,17)18)6-9(10)15-12(16)11-8(13)4-5-20-11/h2-6H,1H3,(H,15,16)(H2,14,17,18). The molecule has 0 radical (unpaired) electrons. The number of thiophene rings is 1. The van der Waals surface area contributed by atoms with Gasteiger partial charge in [0, 0.05) is 0 Å². The van der Waals surface area contributed by atoms with Gasteiger partial charge in [0.05, 0.1) is 22.7 Å². The number of carbonyl (C=O) groups is 1. The highest BCUT2D eigenvalue weighted by Gasteiger charge is 2.17. The number of hydrogen-bond donors (Lipinski definition) is 2. The predicted octanol–water partition coefficient (Wildman–Crippen LogP) is 2.31. The van der Waals surface area contributed by atoms with E-state index in [9.17, 15) is 13.2 Å². The van der Waals surface area contributed by atoms with Crippen LogP contribution in [0, 0.1) is 0 Å². The monoisotopic (exact) mass is 346 g/mol. The van der Waals surface area contributed by atoms with Crippen molar-refractivity contribution in [1.29, 1.82) is 0 Å². The first kappa shape index (κ1) is 15.8. The number of hydrogen-bond acceptors (Lipinski definition) is 5. The van der Waals surface area contributed by atoms with E-state index in [1.54, 1.807) is 11.4 Å². The molecule has 3 N–H and O–H groups in total. The van der Waals surface area contributed by atoms with Gasteiger partial charge < -0.3 is 10.1 Å². The average molecular weight is 347 g/mol. The highest BCUT2D eigenvalue weighted by molar-refractivity contribution is 7.89. The fourth-order valence-corrected chi connectivity index (χ4v) is 3.17. The van der Waals surface area contributed by atoms with Gasteiger partial charge >= 0.3 is 0 Å². The minimum absolute atomic E-state index is 0.129. The summed E-state index contributed by atoms with van der Waals surface area (Å²) in [6, 6.07) is 5.53. The maximum Gasteiger partial charge on any atom is 0.267 e. The van der Waals surface area contributed by atoms with E-state index in [2.05, 4.69) is 5.32 Å². The summed E-state index contributed by atoms with van der Waals surface area (Å²) in [5.74, 6) is -0.150. The Morgan fingerprint density at radius 3 is 2.62 bits per heavy atom. The number of anilines is 1. The van der Waals surface area contributed by atoms with Crippen LogP contribution < -0.4 is 15.2 Å². The van der Waals surface area contributed by atoms with Crippen LogP contribution in [0.4, 0.5) is 5.69 Å². The second-order valence-corrected chi connectivity index (χ2v) is 6.84. The fourth-order valence-electron chi connectivity index (χ4n) is 1.60. The summed E-state index contributed by atoms with van der Waals surface area (Å²) in [5, 5.41) is 9.62. The van der Waals surface area contributed by atoms with Crippen LogP contribution >= 0.6 is 22.9 Å². The minimum atomic E-state index is -3.88. The Morgan fingerprint density at radius 1 is 1.38 bits per heavy atom. The van der Waals surface area contributed by atoms with Gasteiger partial charge in [0.2, 0.25) is 10.0 Å². The molecule has 21 heavy (non-hydrogen) atoms. The fraction of sp³-hybridized carbons (Fsp3) is 0.0833. The van der Waals surface area contributed by atoms with Crippen molar-refractivity contribution >= 4 is 44.6 Å². The molecule has 0 unspecified atom stereocenters. The lowest BCUT2D eigenvalue weighted by molar-refractivity contribution is 0.103. The van der Waals surface area contributed by atoms with Gasteiger partial charge in [-0.1, -0.05) is 11.6 Å². The summed E-state index contributed by atoms with van der Waals surface area (Å²) >= 11 is 7.05. The summed E-state index contributed by atoms with van der Waals surface area (Å²) in [5.41, 5.74) is 0.193. The first-order chi connectivity index (χ1) is 9.82. The molecule has 0 spiro atoms. The average Bonchev–Trinajstić information content (AvgIpc) is 2.84. The highest BCUT2D eigenvalue weighted by Crippen LogP contribution is 2.29. The summed E-state index contributed by atoms with van der Waals surface area (Å²) in [7, 11) is -2.48. The second-order valence-electron chi connectivity index (χ2n) is 3.96. The van der Waals surface area contributed by atoms with Gasteiger partial charge in [0.1, 0.15) is 10.6 Å². The molecule has 0 fully saturated rings. The van der Waals surface area contributed by atoms with Crippen LogP contribution in [0.1, 0.15) is 9.67 Å². The van der Waals surface area contributed by atoms with E-state index in [4.69, 9.17) is 21.5 Å². The molecule has 0 aliphatic carbocycles. The molecular weight excluding hydrogens is 336 g/mol. The number of amides is 1. The zero-order valence-corrected chi connectivity index (χ0v) is 13.2. The van der Waals surface area contributed by atoms with Gasteiger partial charge in [-0.25, -0.2) is 13.6 Å². The number of ether oxygens (including phenoxy) is 1. The summed E-state index contributed by atoms with van der Waals surface area (Å²) in [6.45, 7) is 0. The van der Waals surface area contributed by atoms with Gasteiger partial charge in [-0.15, -0.1) is 11.3 Å². The van der Waals surface area contributed by atoms with E-state index in [0.29, 0.717) is 15.6 Å². The first-order valence-corrected chi connectivity index (χ1v) is 8.38. The molecule has 2 aromatic rings. The van der Waals surface area contributed by atoms with Gasteiger partial charge in [-0.05, 0) is 29.6 Å². The molecule has 1 heterocycles. The Labute approximate surface area is 130 Å². The molecule has 0 saturated carbocycles. The maximum atomic E-state index is 12.1. The Morgan fingerprint density at radius 2 is 2.10 bits per heavy atom. The number of carbonyl (C=O) groups excluding carboxylic acids is 1. The number of halogens is 1. The number of nitrogens with one attached hydrogen (secondary N) is 1. The SMILES string of the molecule is COc1ccc(S(N)(=O)=O)cc1NC(=O)c1sccc1Cl. The van der Waals surface area contributed by atoms with Crippen LogP contribution in [0.5, 0.6) is 5.75 Å². The Bertz CT molecular complexity index is 786. The first-order valence-electron chi connectivity index (χ1n) is 5.58. The molecule has 0 atom stereocenters. The van der Waals surface area contributed by atoms with Crippen LogP contribution in [-0.4, -0.2) is 21.4 Å². The smallest absolute Gasteiger partial charge is 0.267 e. The number of primary sulfonamides is 1. The van der Waals surface area contributed by atoms with Gasteiger partial charge in [-0.2, -0.15) is 0 Å². The topological polar surface area (TPSA) is 98.5 Å². The zero-order chi connectivity index (χ0) is 15.6. The molecule has 0 bridgehead atoms. The molecule has 2 rings (SSSR count). The molecule has 1 aromatic heterocycles. The van der Waals surface area contributed by atoms with Crippen LogP contribution in [0.2, 0.25) is 5.02 Å². The van der Waals surface area contributed by atoms with Crippen molar-refractivity contribution in [3.05, 3.63) is 39.5 Å². The molecule has 0 aliphatic heterocycles. The van der Waals surface area contributed by atoms with E-state index in [1.165, 1.54) is 36.6 Å². The van der Waals surface area contributed by atoms with Crippen LogP contribution in [0.25, 0.3) is 0 Å². The van der Waals surface area contributed by atoms with Crippen molar-refractivity contribution in [1.82, 2.24) is 0 Å². The number of sulfonamides is 1. The molecule has 112 valence electrons. The van der Waals surface area contributed by atoms with Crippen LogP contribution in [-0.2, 0) is 10.0 Å². The van der Waals surface area contributed by atoms with Gasteiger partial charge in [-0.3, -0.25) is 4.79 Å². The Kier molecular flexibility index (Phi) is 4.52. The molecule has 6 nitrogen and oxygen atoms in total. The molecule has 0 aliphatic rings. The third kappa shape index (κ3) is 3.53. The quantitative estimate of drug-likeness (QED) is 0.887. The third-order valence-corrected chi connectivity index (χ3v) is 4.82. The lowest BCUT2D eigenvalue weighted by Crippen LogP contribution is -2.15. The Balaban J connectivity index is 2.38. The zero-order valence-electron chi connectivity index (χ0n) is 10.8. The Hall–Kier alpha value is -1.61. The lowest BCUT2D eigenvalue weighted by atomic mass is 10.3. The van der Waals surface area contributed by atoms with E-state index in [-0.39, 0.29) is 10.6 Å². The molecule has 1 amide bonds. The number of methoxy groups -OCH3 is 1. The molecule has 9 heteroatoms. The number of benzene rings is 1. The van der Waals surface area contributed by atoms with Crippen molar-refractivity contribution in [3.63, 3.8) is 0 Å². The summed E-state index contributed by atoms with van der Waals surface area (Å²) in [4.78, 5) is 12.3.